The number of aromatic nitrogens is 2. The molecule has 3 heterocycles. The van der Waals surface area contributed by atoms with E-state index in [4.69, 9.17) is 0 Å². The van der Waals surface area contributed by atoms with Crippen molar-refractivity contribution < 1.29 is 4.79 Å². The number of hydrogen-bond donors (Lipinski definition) is 0. The smallest absolute Gasteiger partial charge is 0.227 e. The van der Waals surface area contributed by atoms with Crippen LogP contribution in [0.25, 0.3) is 10.9 Å². The summed E-state index contributed by atoms with van der Waals surface area (Å²) in [6.45, 7) is 3.20. The molecule has 5 nitrogen and oxygen atoms in total. The molecular weight excluding hydrogens is 312 g/mol. The summed E-state index contributed by atoms with van der Waals surface area (Å²) in [6, 6.07) is 14.0. The third-order valence-electron chi connectivity index (χ3n) is 4.72. The van der Waals surface area contributed by atoms with Crippen LogP contribution in [0.5, 0.6) is 0 Å². The number of carbonyl (C=O) groups excluding carboxylic acids is 1. The number of para-hydroxylation sites is 1. The van der Waals surface area contributed by atoms with E-state index in [2.05, 4.69) is 14.9 Å². The molecule has 0 saturated carbocycles. The highest BCUT2D eigenvalue weighted by atomic mass is 16.2. The number of nitrogens with zero attached hydrogens (tertiary/aromatic N) is 4. The molecule has 1 fully saturated rings. The van der Waals surface area contributed by atoms with Gasteiger partial charge in [0, 0.05) is 55.8 Å². The largest absolute Gasteiger partial charge is 0.368 e. The molecule has 126 valence electrons. The molecule has 1 aliphatic rings. The zero-order valence-corrected chi connectivity index (χ0v) is 14.0. The Morgan fingerprint density at radius 3 is 2.48 bits per heavy atom. The third kappa shape index (κ3) is 3.31. The van der Waals surface area contributed by atoms with E-state index in [1.165, 1.54) is 5.69 Å². The van der Waals surface area contributed by atoms with Crippen molar-refractivity contribution in [1.29, 1.82) is 0 Å². The Balaban J connectivity index is 1.42. The monoisotopic (exact) mass is 332 g/mol. The molecule has 0 bridgehead atoms. The first-order chi connectivity index (χ1) is 12.3. The first-order valence-corrected chi connectivity index (χ1v) is 8.56. The summed E-state index contributed by atoms with van der Waals surface area (Å²) in [5, 5.41) is 1.08. The molecule has 2 aromatic heterocycles. The molecular formula is C20H20N4O. The number of pyridine rings is 2. The first-order valence-electron chi connectivity index (χ1n) is 8.56. The molecule has 5 heteroatoms. The van der Waals surface area contributed by atoms with Gasteiger partial charge in [0.2, 0.25) is 5.91 Å². The van der Waals surface area contributed by atoms with E-state index in [1.807, 2.05) is 47.4 Å². The Morgan fingerprint density at radius 2 is 1.68 bits per heavy atom. The van der Waals surface area contributed by atoms with Crippen molar-refractivity contribution in [2.45, 2.75) is 6.42 Å². The van der Waals surface area contributed by atoms with Gasteiger partial charge in [0.25, 0.3) is 0 Å². The van der Waals surface area contributed by atoms with E-state index in [9.17, 15) is 4.79 Å². The molecule has 3 aromatic rings. The van der Waals surface area contributed by atoms with Crippen LogP contribution in [-0.4, -0.2) is 47.0 Å². The Labute approximate surface area is 146 Å². The Kier molecular flexibility index (Phi) is 4.29. The normalized spacial score (nSPS) is 14.7. The maximum atomic E-state index is 12.7. The number of rotatable bonds is 3. The van der Waals surface area contributed by atoms with Crippen LogP contribution in [0.4, 0.5) is 5.69 Å². The van der Waals surface area contributed by atoms with Crippen molar-refractivity contribution >= 4 is 22.5 Å². The van der Waals surface area contributed by atoms with Crippen LogP contribution in [0, 0.1) is 0 Å². The number of benzene rings is 1. The number of fused-ring (bicyclic) bond motifs is 1. The molecule has 1 aromatic carbocycles. The van der Waals surface area contributed by atoms with Crippen LogP contribution < -0.4 is 4.90 Å². The SMILES string of the molecule is O=C(Cc1cccc2cccnc12)N1CCN(c2ccncc2)CC1. The second-order valence-corrected chi connectivity index (χ2v) is 6.24. The second kappa shape index (κ2) is 6.89. The Morgan fingerprint density at radius 1 is 0.920 bits per heavy atom. The van der Waals surface area contributed by atoms with Gasteiger partial charge in [-0.15, -0.1) is 0 Å². The fourth-order valence-electron chi connectivity index (χ4n) is 3.35. The summed E-state index contributed by atoms with van der Waals surface area (Å²) in [7, 11) is 0. The summed E-state index contributed by atoms with van der Waals surface area (Å²) in [6.07, 6.45) is 5.80. The lowest BCUT2D eigenvalue weighted by atomic mass is 10.1. The maximum absolute atomic E-state index is 12.7. The quantitative estimate of drug-likeness (QED) is 0.739. The predicted molar refractivity (Wildman–Crippen MR) is 98.5 cm³/mol. The van der Waals surface area contributed by atoms with Crippen LogP contribution in [0.3, 0.4) is 0 Å². The summed E-state index contributed by atoms with van der Waals surface area (Å²) >= 11 is 0. The highest BCUT2D eigenvalue weighted by molar-refractivity contribution is 5.87. The molecule has 0 radical (unpaired) electrons. The minimum absolute atomic E-state index is 0.174. The van der Waals surface area contributed by atoms with Crippen LogP contribution >= 0.6 is 0 Å². The number of anilines is 1. The van der Waals surface area contributed by atoms with E-state index in [0.29, 0.717) is 6.42 Å². The molecule has 0 aliphatic carbocycles. The summed E-state index contributed by atoms with van der Waals surface area (Å²) in [4.78, 5) is 25.5. The van der Waals surface area contributed by atoms with E-state index in [0.717, 1.165) is 42.6 Å². The van der Waals surface area contributed by atoms with Gasteiger partial charge < -0.3 is 9.80 Å². The van der Waals surface area contributed by atoms with Crippen LogP contribution in [0.1, 0.15) is 5.56 Å². The zero-order chi connectivity index (χ0) is 17.1. The summed E-state index contributed by atoms with van der Waals surface area (Å²) in [5.74, 6) is 0.174. The highest BCUT2D eigenvalue weighted by Gasteiger charge is 2.21. The molecule has 0 atom stereocenters. The van der Waals surface area contributed by atoms with E-state index in [-0.39, 0.29) is 5.91 Å². The molecule has 0 unspecified atom stereocenters. The minimum atomic E-state index is 0.174. The van der Waals surface area contributed by atoms with Crippen molar-refractivity contribution in [3.63, 3.8) is 0 Å². The number of piperazine rings is 1. The van der Waals surface area contributed by atoms with E-state index >= 15 is 0 Å². The van der Waals surface area contributed by atoms with Gasteiger partial charge >= 0.3 is 0 Å². The van der Waals surface area contributed by atoms with Gasteiger partial charge in [-0.1, -0.05) is 24.3 Å². The maximum Gasteiger partial charge on any atom is 0.227 e. The van der Waals surface area contributed by atoms with Gasteiger partial charge in [0.05, 0.1) is 11.9 Å². The van der Waals surface area contributed by atoms with Crippen LogP contribution in [-0.2, 0) is 11.2 Å². The Hall–Kier alpha value is -2.95. The highest BCUT2D eigenvalue weighted by Crippen LogP contribution is 2.19. The number of carbonyl (C=O) groups is 1. The number of hydrogen-bond acceptors (Lipinski definition) is 4. The van der Waals surface area contributed by atoms with Crippen molar-refractivity contribution in [2.75, 3.05) is 31.1 Å². The van der Waals surface area contributed by atoms with Crippen LogP contribution in [0.15, 0.2) is 61.1 Å². The third-order valence-corrected chi connectivity index (χ3v) is 4.72. The molecule has 1 aliphatic heterocycles. The van der Waals surface area contributed by atoms with Crippen molar-refractivity contribution in [3.8, 4) is 0 Å². The predicted octanol–water partition coefficient (Wildman–Crippen LogP) is 2.52. The van der Waals surface area contributed by atoms with Crippen LogP contribution in [0.2, 0.25) is 0 Å². The Bertz CT molecular complexity index is 868. The average Bonchev–Trinajstić information content (AvgIpc) is 2.69. The fraction of sp³-hybridized carbons (Fsp3) is 0.250. The van der Waals surface area contributed by atoms with Gasteiger partial charge in [0.15, 0.2) is 0 Å². The molecule has 1 amide bonds. The van der Waals surface area contributed by atoms with Crippen molar-refractivity contribution in [1.82, 2.24) is 14.9 Å². The van der Waals surface area contributed by atoms with Gasteiger partial charge in [-0.05, 0) is 23.8 Å². The van der Waals surface area contributed by atoms with Gasteiger partial charge in [-0.3, -0.25) is 14.8 Å². The van der Waals surface area contributed by atoms with Crippen molar-refractivity contribution in [2.24, 2.45) is 0 Å². The first kappa shape index (κ1) is 15.6. The second-order valence-electron chi connectivity index (χ2n) is 6.24. The van der Waals surface area contributed by atoms with Crippen molar-refractivity contribution in [3.05, 3.63) is 66.6 Å². The number of amides is 1. The lowest BCUT2D eigenvalue weighted by Crippen LogP contribution is -2.49. The fourth-order valence-corrected chi connectivity index (χ4v) is 3.35. The van der Waals surface area contributed by atoms with Gasteiger partial charge in [-0.2, -0.15) is 0 Å². The van der Waals surface area contributed by atoms with Gasteiger partial charge in [-0.25, -0.2) is 0 Å². The van der Waals surface area contributed by atoms with E-state index in [1.54, 1.807) is 18.6 Å². The molecule has 1 saturated heterocycles. The standard InChI is InChI=1S/C20H20N4O/c25-19(15-17-4-1-3-16-5-2-8-22-20(16)17)24-13-11-23(12-14-24)18-6-9-21-10-7-18/h1-10H,11-15H2. The van der Waals surface area contributed by atoms with E-state index < -0.39 is 0 Å². The molecule has 4 rings (SSSR count). The topological polar surface area (TPSA) is 49.3 Å². The zero-order valence-electron chi connectivity index (χ0n) is 14.0. The summed E-state index contributed by atoms with van der Waals surface area (Å²) < 4.78 is 0. The minimum Gasteiger partial charge on any atom is -0.368 e. The lowest BCUT2D eigenvalue weighted by Gasteiger charge is -2.36. The molecule has 25 heavy (non-hydrogen) atoms. The lowest BCUT2D eigenvalue weighted by molar-refractivity contribution is -0.130. The van der Waals surface area contributed by atoms with Gasteiger partial charge in [0.1, 0.15) is 0 Å². The average molecular weight is 332 g/mol. The molecule has 0 spiro atoms. The summed E-state index contributed by atoms with van der Waals surface area (Å²) in [5.41, 5.74) is 3.09. The molecule has 0 N–H and O–H groups in total.